The molecule has 1 aliphatic heterocycles. The summed E-state index contributed by atoms with van der Waals surface area (Å²) >= 11 is 0. The Morgan fingerprint density at radius 3 is 2.23 bits per heavy atom. The van der Waals surface area contributed by atoms with E-state index in [1.165, 1.54) is 4.90 Å². The summed E-state index contributed by atoms with van der Waals surface area (Å²) in [6, 6.07) is 9.64. The fourth-order valence-electron chi connectivity index (χ4n) is 3.93. The molecular weight excluding hydrogens is 392 g/mol. The van der Waals surface area contributed by atoms with Gasteiger partial charge in [-0.3, -0.25) is 19.3 Å². The average Bonchev–Trinajstić information content (AvgIpc) is 2.72. The molecule has 0 aromatic heterocycles. The average molecular weight is 431 g/mol. The van der Waals surface area contributed by atoms with Crippen molar-refractivity contribution in [2.75, 3.05) is 39.8 Å². The molecule has 1 aliphatic rings. The number of hydrogen-bond donors (Lipinski definition) is 1. The zero-order valence-electron chi connectivity index (χ0n) is 19.7. The number of nitrogens with one attached hydrogen (secondary N) is 1. The third-order valence-electron chi connectivity index (χ3n) is 5.46. The van der Waals surface area contributed by atoms with Crippen LogP contribution in [-0.4, -0.2) is 83.8 Å². The Kier molecular flexibility index (Phi) is 9.04. The summed E-state index contributed by atoms with van der Waals surface area (Å²) in [5.41, 5.74) is 0.400. The van der Waals surface area contributed by atoms with Crippen LogP contribution in [0.15, 0.2) is 30.3 Å². The number of piperidine rings is 1. The molecule has 1 fully saturated rings. The van der Waals surface area contributed by atoms with Crippen molar-refractivity contribution in [1.82, 2.24) is 20.0 Å². The minimum absolute atomic E-state index is 0.0553. The Balaban J connectivity index is 1.88. The van der Waals surface area contributed by atoms with Gasteiger partial charge < -0.3 is 15.1 Å². The minimum atomic E-state index is -0.319. The molecule has 0 atom stereocenters. The van der Waals surface area contributed by atoms with Crippen molar-refractivity contribution >= 4 is 17.7 Å². The number of likely N-dealkylation sites (tertiary alicyclic amines) is 1. The number of likely N-dealkylation sites (N-methyl/N-ethyl adjacent to an activating group) is 1. The maximum absolute atomic E-state index is 12.8. The van der Waals surface area contributed by atoms with Gasteiger partial charge in [0.15, 0.2) is 0 Å². The first-order valence-electron chi connectivity index (χ1n) is 11.2. The van der Waals surface area contributed by atoms with Crippen molar-refractivity contribution in [1.29, 1.82) is 0 Å². The molecule has 0 aliphatic carbocycles. The SMILES string of the molecule is CCCN(CC(=O)N(C)CC(=O)NC(C)(C)C)C1CCN(C(=O)c2ccccc2)CC1. The van der Waals surface area contributed by atoms with Crippen LogP contribution in [0, 0.1) is 0 Å². The molecule has 0 bridgehead atoms. The van der Waals surface area contributed by atoms with E-state index >= 15 is 0 Å². The van der Waals surface area contributed by atoms with Crippen molar-refractivity contribution in [3.63, 3.8) is 0 Å². The lowest BCUT2D eigenvalue weighted by atomic mass is 10.0. The monoisotopic (exact) mass is 430 g/mol. The molecule has 7 heteroatoms. The second-order valence-electron chi connectivity index (χ2n) is 9.41. The molecule has 0 radical (unpaired) electrons. The van der Waals surface area contributed by atoms with Gasteiger partial charge in [-0.25, -0.2) is 0 Å². The number of hydrogen-bond acceptors (Lipinski definition) is 4. The number of carbonyl (C=O) groups excluding carboxylic acids is 3. The standard InChI is InChI=1S/C24H38N4O3/c1-6-14-28(18-22(30)26(5)17-21(29)25-24(2,3)4)20-12-15-27(16-13-20)23(31)19-10-8-7-9-11-19/h7-11,20H,6,12-18H2,1-5H3,(H,25,29). The zero-order valence-corrected chi connectivity index (χ0v) is 19.7. The number of rotatable bonds is 8. The summed E-state index contributed by atoms with van der Waals surface area (Å²) < 4.78 is 0. The number of benzene rings is 1. The van der Waals surface area contributed by atoms with E-state index in [1.807, 2.05) is 56.0 Å². The maximum atomic E-state index is 12.8. The van der Waals surface area contributed by atoms with E-state index in [-0.39, 0.29) is 35.8 Å². The van der Waals surface area contributed by atoms with E-state index in [4.69, 9.17) is 0 Å². The van der Waals surface area contributed by atoms with Crippen molar-refractivity contribution in [3.8, 4) is 0 Å². The van der Waals surface area contributed by atoms with Crippen LogP contribution in [0.25, 0.3) is 0 Å². The lowest BCUT2D eigenvalue weighted by Crippen LogP contribution is -2.51. The minimum Gasteiger partial charge on any atom is -0.350 e. The summed E-state index contributed by atoms with van der Waals surface area (Å²) in [4.78, 5) is 43.2. The van der Waals surface area contributed by atoms with Crippen LogP contribution in [0.2, 0.25) is 0 Å². The lowest BCUT2D eigenvalue weighted by Gasteiger charge is -2.38. The number of nitrogens with zero attached hydrogens (tertiary/aromatic N) is 3. The van der Waals surface area contributed by atoms with Crippen molar-refractivity contribution < 1.29 is 14.4 Å². The van der Waals surface area contributed by atoms with Crippen molar-refractivity contribution in [2.24, 2.45) is 0 Å². The summed E-state index contributed by atoms with van der Waals surface area (Å²) in [6.07, 6.45) is 2.64. The maximum Gasteiger partial charge on any atom is 0.253 e. The van der Waals surface area contributed by atoms with Crippen molar-refractivity contribution in [2.45, 2.75) is 58.5 Å². The summed E-state index contributed by atoms with van der Waals surface area (Å²) in [7, 11) is 1.68. The lowest BCUT2D eigenvalue weighted by molar-refractivity contribution is -0.136. The van der Waals surface area contributed by atoms with Crippen LogP contribution in [0.1, 0.15) is 57.3 Å². The highest BCUT2D eigenvalue weighted by atomic mass is 16.2. The fraction of sp³-hybridized carbons (Fsp3) is 0.625. The first-order chi connectivity index (χ1) is 14.6. The first kappa shape index (κ1) is 24.9. The van der Waals surface area contributed by atoms with E-state index in [0.717, 1.165) is 31.4 Å². The van der Waals surface area contributed by atoms with Crippen LogP contribution >= 0.6 is 0 Å². The highest BCUT2D eigenvalue weighted by molar-refractivity contribution is 5.94. The molecule has 1 aromatic carbocycles. The fourth-order valence-corrected chi connectivity index (χ4v) is 3.93. The van der Waals surface area contributed by atoms with Crippen LogP contribution in [0.5, 0.6) is 0 Å². The third-order valence-corrected chi connectivity index (χ3v) is 5.46. The van der Waals surface area contributed by atoms with Gasteiger partial charge in [-0.15, -0.1) is 0 Å². The smallest absolute Gasteiger partial charge is 0.253 e. The van der Waals surface area contributed by atoms with E-state index in [2.05, 4.69) is 17.1 Å². The molecule has 0 unspecified atom stereocenters. The second kappa shape index (κ2) is 11.3. The molecule has 0 saturated carbocycles. The molecule has 1 saturated heterocycles. The number of amides is 3. The van der Waals surface area contributed by atoms with E-state index < -0.39 is 0 Å². The van der Waals surface area contributed by atoms with Gasteiger partial charge in [-0.2, -0.15) is 0 Å². The Labute approximate surface area is 186 Å². The Morgan fingerprint density at radius 2 is 1.68 bits per heavy atom. The predicted octanol–water partition coefficient (Wildman–Crippen LogP) is 2.38. The Morgan fingerprint density at radius 1 is 1.06 bits per heavy atom. The second-order valence-corrected chi connectivity index (χ2v) is 9.41. The molecule has 1 aromatic rings. The van der Waals surface area contributed by atoms with Gasteiger partial charge in [0.2, 0.25) is 11.8 Å². The highest BCUT2D eigenvalue weighted by Gasteiger charge is 2.29. The Bertz CT molecular complexity index is 737. The largest absolute Gasteiger partial charge is 0.350 e. The quantitative estimate of drug-likeness (QED) is 0.687. The normalized spacial score (nSPS) is 15.1. The summed E-state index contributed by atoms with van der Waals surface area (Å²) in [5.74, 6) is -0.139. The molecule has 7 nitrogen and oxygen atoms in total. The van der Waals surface area contributed by atoms with E-state index in [0.29, 0.717) is 19.6 Å². The van der Waals surface area contributed by atoms with Gasteiger partial charge in [0, 0.05) is 37.3 Å². The Hall–Kier alpha value is -2.41. The van der Waals surface area contributed by atoms with Crippen LogP contribution < -0.4 is 5.32 Å². The number of carbonyl (C=O) groups is 3. The van der Waals surface area contributed by atoms with E-state index in [1.54, 1.807) is 7.05 Å². The van der Waals surface area contributed by atoms with Crippen LogP contribution in [0.3, 0.4) is 0 Å². The molecule has 1 N–H and O–H groups in total. The summed E-state index contributed by atoms with van der Waals surface area (Å²) in [6.45, 7) is 10.4. The van der Waals surface area contributed by atoms with Gasteiger partial charge in [0.1, 0.15) is 0 Å². The molecule has 31 heavy (non-hydrogen) atoms. The molecule has 1 heterocycles. The first-order valence-corrected chi connectivity index (χ1v) is 11.2. The zero-order chi connectivity index (χ0) is 23.0. The van der Waals surface area contributed by atoms with Crippen molar-refractivity contribution in [3.05, 3.63) is 35.9 Å². The van der Waals surface area contributed by atoms with Crippen LogP contribution in [-0.2, 0) is 9.59 Å². The highest BCUT2D eigenvalue weighted by Crippen LogP contribution is 2.19. The van der Waals surface area contributed by atoms with Gasteiger partial charge in [0.25, 0.3) is 5.91 Å². The molecule has 0 spiro atoms. The molecular formula is C24H38N4O3. The predicted molar refractivity (Wildman–Crippen MR) is 123 cm³/mol. The molecule has 2 rings (SSSR count). The van der Waals surface area contributed by atoms with Crippen LogP contribution in [0.4, 0.5) is 0 Å². The van der Waals surface area contributed by atoms with Gasteiger partial charge in [-0.1, -0.05) is 25.1 Å². The molecule has 172 valence electrons. The van der Waals surface area contributed by atoms with Gasteiger partial charge in [-0.05, 0) is 58.7 Å². The van der Waals surface area contributed by atoms with Gasteiger partial charge in [0.05, 0.1) is 13.1 Å². The third kappa shape index (κ3) is 7.98. The van der Waals surface area contributed by atoms with Gasteiger partial charge >= 0.3 is 0 Å². The van der Waals surface area contributed by atoms with E-state index in [9.17, 15) is 14.4 Å². The molecule has 3 amide bonds. The topological polar surface area (TPSA) is 73.0 Å². The summed E-state index contributed by atoms with van der Waals surface area (Å²) in [5, 5.41) is 2.89.